The number of anilines is 1. The van der Waals surface area contributed by atoms with Gasteiger partial charge >= 0.3 is 6.03 Å². The van der Waals surface area contributed by atoms with Gasteiger partial charge in [0.15, 0.2) is 5.78 Å². The van der Waals surface area contributed by atoms with Crippen LogP contribution in [-0.2, 0) is 4.74 Å². The van der Waals surface area contributed by atoms with Gasteiger partial charge in [-0.25, -0.2) is 4.79 Å². The third-order valence-corrected chi connectivity index (χ3v) is 3.04. The second kappa shape index (κ2) is 6.33. The van der Waals surface area contributed by atoms with Crippen LogP contribution in [0.4, 0.5) is 10.5 Å². The van der Waals surface area contributed by atoms with Gasteiger partial charge in [-0.15, -0.1) is 0 Å². The van der Waals surface area contributed by atoms with Crippen molar-refractivity contribution in [3.05, 3.63) is 29.8 Å². The molecule has 0 aliphatic carbocycles. The smallest absolute Gasteiger partial charge is 0.319 e. The fraction of sp³-hybridized carbons (Fsp3) is 0.429. The molecule has 2 rings (SSSR count). The van der Waals surface area contributed by atoms with Crippen LogP contribution in [0.15, 0.2) is 24.3 Å². The van der Waals surface area contributed by atoms with Crippen LogP contribution >= 0.6 is 0 Å². The number of nitrogens with one attached hydrogen (secondary N) is 2. The molecule has 1 aromatic rings. The second-order valence-electron chi connectivity index (χ2n) is 4.61. The topological polar surface area (TPSA) is 67.4 Å². The summed E-state index contributed by atoms with van der Waals surface area (Å²) >= 11 is 0. The van der Waals surface area contributed by atoms with Crippen molar-refractivity contribution in [2.75, 3.05) is 18.5 Å². The van der Waals surface area contributed by atoms with Crippen LogP contribution in [0, 0.1) is 0 Å². The molecular formula is C14H18N2O3. The summed E-state index contributed by atoms with van der Waals surface area (Å²) in [6, 6.07) is 6.59. The first kappa shape index (κ1) is 13.5. The van der Waals surface area contributed by atoms with Crippen LogP contribution in [0.1, 0.15) is 30.1 Å². The number of hydrogen-bond donors (Lipinski definition) is 2. The van der Waals surface area contributed by atoms with Crippen LogP contribution in [0.3, 0.4) is 0 Å². The Hall–Kier alpha value is -1.88. The molecule has 5 heteroatoms. The summed E-state index contributed by atoms with van der Waals surface area (Å²) in [6.45, 7) is 2.78. The summed E-state index contributed by atoms with van der Waals surface area (Å²) < 4.78 is 5.42. The van der Waals surface area contributed by atoms with E-state index >= 15 is 0 Å². The lowest BCUT2D eigenvalue weighted by Gasteiger charge is -2.12. The molecule has 1 saturated heterocycles. The predicted octanol–water partition coefficient (Wildman–Crippen LogP) is 2.19. The minimum Gasteiger partial charge on any atom is -0.376 e. The van der Waals surface area contributed by atoms with Gasteiger partial charge < -0.3 is 15.4 Å². The minimum absolute atomic E-state index is 0.0246. The van der Waals surface area contributed by atoms with Gasteiger partial charge in [0.25, 0.3) is 0 Å². The SMILES string of the molecule is CC(=O)c1cccc(NC(=O)NC[C@@H]2CCCO2)c1. The molecule has 1 heterocycles. The highest BCUT2D eigenvalue weighted by Gasteiger charge is 2.16. The normalized spacial score (nSPS) is 18.1. The van der Waals surface area contributed by atoms with Crippen molar-refractivity contribution in [3.8, 4) is 0 Å². The van der Waals surface area contributed by atoms with Gasteiger partial charge in [0.2, 0.25) is 0 Å². The van der Waals surface area contributed by atoms with Crippen LogP contribution in [0.25, 0.3) is 0 Å². The maximum absolute atomic E-state index is 11.7. The number of carbonyl (C=O) groups is 2. The first-order valence-corrected chi connectivity index (χ1v) is 6.42. The molecule has 0 unspecified atom stereocenters. The summed E-state index contributed by atoms with van der Waals surface area (Å²) in [7, 11) is 0. The lowest BCUT2D eigenvalue weighted by atomic mass is 10.1. The molecule has 19 heavy (non-hydrogen) atoms. The number of ketones is 1. The maximum Gasteiger partial charge on any atom is 0.319 e. The van der Waals surface area contributed by atoms with E-state index in [1.54, 1.807) is 24.3 Å². The Bertz CT molecular complexity index is 468. The fourth-order valence-corrected chi connectivity index (χ4v) is 2.00. The Morgan fingerprint density at radius 1 is 1.42 bits per heavy atom. The zero-order valence-electron chi connectivity index (χ0n) is 10.9. The highest BCUT2D eigenvalue weighted by Crippen LogP contribution is 2.12. The van der Waals surface area contributed by atoms with Crippen LogP contribution in [0.5, 0.6) is 0 Å². The Labute approximate surface area is 112 Å². The molecule has 1 aliphatic rings. The van der Waals surface area contributed by atoms with Crippen molar-refractivity contribution < 1.29 is 14.3 Å². The number of hydrogen-bond acceptors (Lipinski definition) is 3. The highest BCUT2D eigenvalue weighted by atomic mass is 16.5. The molecular weight excluding hydrogens is 244 g/mol. The molecule has 0 spiro atoms. The zero-order valence-corrected chi connectivity index (χ0v) is 10.9. The van der Waals surface area contributed by atoms with Crippen LogP contribution in [-0.4, -0.2) is 31.1 Å². The molecule has 0 radical (unpaired) electrons. The van der Waals surface area contributed by atoms with E-state index in [1.807, 2.05) is 0 Å². The van der Waals surface area contributed by atoms with Gasteiger partial charge in [-0.3, -0.25) is 4.79 Å². The molecule has 0 saturated carbocycles. The molecule has 1 atom stereocenters. The van der Waals surface area contributed by atoms with Gasteiger partial charge in [-0.05, 0) is 31.9 Å². The van der Waals surface area contributed by atoms with E-state index in [1.165, 1.54) is 6.92 Å². The number of amides is 2. The van der Waals surface area contributed by atoms with E-state index in [4.69, 9.17) is 4.74 Å². The van der Waals surface area contributed by atoms with Gasteiger partial charge in [0, 0.05) is 24.4 Å². The number of carbonyl (C=O) groups excluding carboxylic acids is 2. The lowest BCUT2D eigenvalue weighted by molar-refractivity contribution is 0.101. The van der Waals surface area contributed by atoms with Crippen molar-refractivity contribution in [2.24, 2.45) is 0 Å². The third kappa shape index (κ3) is 4.06. The molecule has 102 valence electrons. The Morgan fingerprint density at radius 2 is 2.26 bits per heavy atom. The molecule has 2 N–H and O–H groups in total. The minimum atomic E-state index is -0.281. The van der Waals surface area contributed by atoms with E-state index in [0.29, 0.717) is 17.8 Å². The van der Waals surface area contributed by atoms with E-state index in [0.717, 1.165) is 19.4 Å². The molecule has 0 bridgehead atoms. The van der Waals surface area contributed by atoms with Gasteiger partial charge in [0.05, 0.1) is 6.10 Å². The molecule has 1 aromatic carbocycles. The average molecular weight is 262 g/mol. The molecule has 1 fully saturated rings. The van der Waals surface area contributed by atoms with E-state index in [-0.39, 0.29) is 17.9 Å². The standard InChI is InChI=1S/C14H18N2O3/c1-10(17)11-4-2-5-12(8-11)16-14(18)15-9-13-6-3-7-19-13/h2,4-5,8,13H,3,6-7,9H2,1H3,(H2,15,16,18)/t13-/m0/s1. The monoisotopic (exact) mass is 262 g/mol. The number of benzene rings is 1. The summed E-state index contributed by atoms with van der Waals surface area (Å²) in [6.07, 6.45) is 2.16. The van der Waals surface area contributed by atoms with Crippen molar-refractivity contribution in [1.29, 1.82) is 0 Å². The summed E-state index contributed by atoms with van der Waals surface area (Å²) in [5, 5.41) is 5.47. The van der Waals surface area contributed by atoms with Crippen molar-refractivity contribution in [2.45, 2.75) is 25.9 Å². The summed E-state index contributed by atoms with van der Waals surface area (Å²) in [5.41, 5.74) is 1.19. The Kier molecular flexibility index (Phi) is 4.52. The predicted molar refractivity (Wildman–Crippen MR) is 72.4 cm³/mol. The quantitative estimate of drug-likeness (QED) is 0.817. The molecule has 5 nitrogen and oxygen atoms in total. The zero-order chi connectivity index (χ0) is 13.7. The second-order valence-corrected chi connectivity index (χ2v) is 4.61. The van der Waals surface area contributed by atoms with Crippen molar-refractivity contribution >= 4 is 17.5 Å². The summed E-state index contributed by atoms with van der Waals surface area (Å²) in [5.74, 6) is -0.0246. The van der Waals surface area contributed by atoms with Crippen molar-refractivity contribution in [3.63, 3.8) is 0 Å². The Balaban J connectivity index is 1.84. The van der Waals surface area contributed by atoms with Gasteiger partial charge in [-0.1, -0.05) is 12.1 Å². The number of ether oxygens (including phenoxy) is 1. The Morgan fingerprint density at radius 3 is 2.95 bits per heavy atom. The van der Waals surface area contributed by atoms with E-state index in [2.05, 4.69) is 10.6 Å². The third-order valence-electron chi connectivity index (χ3n) is 3.04. The summed E-state index contributed by atoms with van der Waals surface area (Å²) in [4.78, 5) is 22.9. The van der Waals surface area contributed by atoms with Crippen LogP contribution < -0.4 is 10.6 Å². The van der Waals surface area contributed by atoms with Gasteiger partial charge in [-0.2, -0.15) is 0 Å². The lowest BCUT2D eigenvalue weighted by Crippen LogP contribution is -2.35. The van der Waals surface area contributed by atoms with Crippen LogP contribution in [0.2, 0.25) is 0 Å². The molecule has 2 amide bonds. The number of urea groups is 1. The largest absolute Gasteiger partial charge is 0.376 e. The van der Waals surface area contributed by atoms with Crippen molar-refractivity contribution in [1.82, 2.24) is 5.32 Å². The van der Waals surface area contributed by atoms with Gasteiger partial charge in [0.1, 0.15) is 0 Å². The first-order chi connectivity index (χ1) is 9.15. The van der Waals surface area contributed by atoms with E-state index in [9.17, 15) is 9.59 Å². The highest BCUT2D eigenvalue weighted by molar-refractivity contribution is 5.96. The molecule has 1 aliphatic heterocycles. The number of rotatable bonds is 4. The number of Topliss-reactive ketones (excluding diaryl/α,β-unsaturated/α-hetero) is 1. The average Bonchev–Trinajstić information content (AvgIpc) is 2.90. The van der Waals surface area contributed by atoms with E-state index < -0.39 is 0 Å². The maximum atomic E-state index is 11.7. The first-order valence-electron chi connectivity index (χ1n) is 6.42. The molecule has 0 aromatic heterocycles. The fourth-order valence-electron chi connectivity index (χ4n) is 2.00.